The van der Waals surface area contributed by atoms with Crippen LogP contribution in [0.1, 0.15) is 5.69 Å². The molecule has 1 heterocycles. The number of aromatic nitrogens is 2. The minimum absolute atomic E-state index is 0.0726. The van der Waals surface area contributed by atoms with Gasteiger partial charge in [0.25, 0.3) is 0 Å². The molecule has 0 unspecified atom stereocenters. The normalized spacial score (nSPS) is 10.4. The summed E-state index contributed by atoms with van der Waals surface area (Å²) in [6.45, 7) is 2.20. The van der Waals surface area contributed by atoms with E-state index in [1.165, 1.54) is 14.0 Å². The van der Waals surface area contributed by atoms with E-state index in [1.54, 1.807) is 4.90 Å². The van der Waals surface area contributed by atoms with Gasteiger partial charge in [-0.15, -0.1) is 0 Å². The second-order valence-electron chi connectivity index (χ2n) is 3.91. The maximum absolute atomic E-state index is 11.2. The minimum Gasteiger partial charge on any atom is -0.395 e. The van der Waals surface area contributed by atoms with Gasteiger partial charge in [0, 0.05) is 20.2 Å². The highest BCUT2D eigenvalue weighted by molar-refractivity contribution is 5.62. The van der Waals surface area contributed by atoms with Crippen LogP contribution in [-0.4, -0.2) is 53.4 Å². The van der Waals surface area contributed by atoms with Gasteiger partial charge in [0.15, 0.2) is 0 Å². The molecule has 0 aliphatic rings. The van der Waals surface area contributed by atoms with Gasteiger partial charge in [-0.25, -0.2) is 10.8 Å². The van der Waals surface area contributed by atoms with Crippen molar-refractivity contribution in [2.45, 2.75) is 6.92 Å². The van der Waals surface area contributed by atoms with Crippen molar-refractivity contribution in [3.05, 3.63) is 15.8 Å². The third-order valence-corrected chi connectivity index (χ3v) is 2.59. The van der Waals surface area contributed by atoms with Crippen LogP contribution in [0.5, 0.6) is 0 Å². The monoisotopic (exact) mass is 286 g/mol. The number of ether oxygens (including phenoxy) is 1. The molecule has 0 amide bonds. The molecule has 20 heavy (non-hydrogen) atoms. The van der Waals surface area contributed by atoms with Gasteiger partial charge in [0.1, 0.15) is 5.69 Å². The van der Waals surface area contributed by atoms with E-state index in [1.807, 2.05) is 0 Å². The number of nitro groups is 1. The molecule has 112 valence electrons. The molecule has 10 nitrogen and oxygen atoms in total. The molecule has 0 atom stereocenters. The highest BCUT2D eigenvalue weighted by atomic mass is 16.6. The van der Waals surface area contributed by atoms with Gasteiger partial charge in [-0.1, -0.05) is 0 Å². The smallest absolute Gasteiger partial charge is 0.332 e. The Kier molecular flexibility index (Phi) is 6.03. The average Bonchev–Trinajstić information content (AvgIpc) is 2.41. The standard InChI is InChI=1S/C10H18N6O4/c1-7-8(16(18)19)9(13-10(12-7)14-11)15(3-5-17)4-6-20-2/h17H,3-6,11H2,1-2H3,(H,12,13,14). The molecule has 10 heteroatoms. The van der Waals surface area contributed by atoms with Gasteiger partial charge >= 0.3 is 5.69 Å². The maximum Gasteiger partial charge on any atom is 0.332 e. The van der Waals surface area contributed by atoms with E-state index in [-0.39, 0.29) is 36.3 Å². The van der Waals surface area contributed by atoms with E-state index in [2.05, 4.69) is 15.4 Å². The van der Waals surface area contributed by atoms with Crippen molar-refractivity contribution in [3.63, 3.8) is 0 Å². The SMILES string of the molecule is COCCN(CCO)c1nc(NN)nc(C)c1[N+](=O)[O-]. The Hall–Kier alpha value is -2.04. The highest BCUT2D eigenvalue weighted by Gasteiger charge is 2.26. The van der Waals surface area contributed by atoms with Crippen molar-refractivity contribution in [1.29, 1.82) is 0 Å². The van der Waals surface area contributed by atoms with E-state index >= 15 is 0 Å². The highest BCUT2D eigenvalue weighted by Crippen LogP contribution is 2.29. The first-order valence-electron chi connectivity index (χ1n) is 5.89. The van der Waals surface area contributed by atoms with Gasteiger partial charge in [-0.3, -0.25) is 15.5 Å². The van der Waals surface area contributed by atoms with Gasteiger partial charge in [0.2, 0.25) is 11.8 Å². The van der Waals surface area contributed by atoms with Crippen molar-refractivity contribution >= 4 is 17.5 Å². The molecule has 0 fully saturated rings. The third-order valence-electron chi connectivity index (χ3n) is 2.59. The summed E-state index contributed by atoms with van der Waals surface area (Å²) in [4.78, 5) is 20.1. The van der Waals surface area contributed by atoms with Crippen LogP contribution in [0.4, 0.5) is 17.5 Å². The van der Waals surface area contributed by atoms with Gasteiger partial charge in [0.05, 0.1) is 18.1 Å². The van der Waals surface area contributed by atoms with Gasteiger partial charge in [-0.2, -0.15) is 4.98 Å². The van der Waals surface area contributed by atoms with E-state index in [9.17, 15) is 10.1 Å². The van der Waals surface area contributed by atoms with Crippen LogP contribution in [0.2, 0.25) is 0 Å². The fourth-order valence-corrected chi connectivity index (χ4v) is 1.70. The van der Waals surface area contributed by atoms with E-state index in [0.717, 1.165) is 0 Å². The molecule has 1 aromatic heterocycles. The number of methoxy groups -OCH3 is 1. The molecule has 0 bridgehead atoms. The molecule has 0 aromatic carbocycles. The second kappa shape index (κ2) is 7.53. The number of anilines is 2. The Labute approximate surface area is 115 Å². The van der Waals surface area contributed by atoms with Crippen molar-refractivity contribution in [2.24, 2.45) is 5.84 Å². The summed E-state index contributed by atoms with van der Waals surface area (Å²) >= 11 is 0. The van der Waals surface area contributed by atoms with Crippen LogP contribution in [0.25, 0.3) is 0 Å². The Bertz CT molecular complexity index is 469. The fourth-order valence-electron chi connectivity index (χ4n) is 1.70. The number of nitrogens with one attached hydrogen (secondary N) is 1. The van der Waals surface area contributed by atoms with E-state index < -0.39 is 4.92 Å². The summed E-state index contributed by atoms with van der Waals surface area (Å²) in [6.07, 6.45) is 0. The zero-order valence-corrected chi connectivity index (χ0v) is 11.4. The number of rotatable bonds is 8. The number of aryl methyl sites for hydroxylation is 1. The summed E-state index contributed by atoms with van der Waals surface area (Å²) in [5.41, 5.74) is 2.24. The summed E-state index contributed by atoms with van der Waals surface area (Å²) in [6, 6.07) is 0. The van der Waals surface area contributed by atoms with Gasteiger partial charge in [-0.05, 0) is 6.92 Å². The van der Waals surface area contributed by atoms with Crippen LogP contribution >= 0.6 is 0 Å². The molecule has 0 aliphatic heterocycles. The predicted octanol–water partition coefficient (Wildman–Crippen LogP) is -0.576. The third kappa shape index (κ3) is 3.73. The molecule has 1 rings (SSSR count). The van der Waals surface area contributed by atoms with Crippen molar-refractivity contribution in [1.82, 2.24) is 9.97 Å². The Balaban J connectivity index is 3.28. The first-order valence-corrected chi connectivity index (χ1v) is 5.89. The quantitative estimate of drug-likeness (QED) is 0.325. The molecule has 0 radical (unpaired) electrons. The molecule has 0 spiro atoms. The lowest BCUT2D eigenvalue weighted by Gasteiger charge is -2.22. The zero-order valence-electron chi connectivity index (χ0n) is 11.4. The predicted molar refractivity (Wildman–Crippen MR) is 72.4 cm³/mol. The number of hydrogen-bond donors (Lipinski definition) is 3. The molecule has 0 saturated heterocycles. The Morgan fingerprint density at radius 3 is 2.70 bits per heavy atom. The number of hydrogen-bond acceptors (Lipinski definition) is 9. The number of nitrogens with zero attached hydrogens (tertiary/aromatic N) is 4. The molecule has 0 saturated carbocycles. The zero-order chi connectivity index (χ0) is 15.1. The summed E-state index contributed by atoms with van der Waals surface area (Å²) in [7, 11) is 1.52. The molecular formula is C10H18N6O4. The topological polar surface area (TPSA) is 140 Å². The summed E-state index contributed by atoms with van der Waals surface area (Å²) < 4.78 is 4.95. The van der Waals surface area contributed by atoms with Crippen LogP contribution < -0.4 is 16.2 Å². The van der Waals surface area contributed by atoms with Crippen LogP contribution in [0.3, 0.4) is 0 Å². The lowest BCUT2D eigenvalue weighted by molar-refractivity contribution is -0.385. The van der Waals surface area contributed by atoms with Crippen molar-refractivity contribution in [3.8, 4) is 0 Å². The summed E-state index contributed by atoms with van der Waals surface area (Å²) in [5, 5.41) is 20.3. The van der Waals surface area contributed by atoms with Crippen molar-refractivity contribution in [2.75, 3.05) is 43.7 Å². The van der Waals surface area contributed by atoms with Crippen molar-refractivity contribution < 1.29 is 14.8 Å². The molecule has 0 aliphatic carbocycles. The van der Waals surface area contributed by atoms with Gasteiger partial charge < -0.3 is 14.7 Å². The minimum atomic E-state index is -0.553. The van der Waals surface area contributed by atoms with E-state index in [0.29, 0.717) is 13.2 Å². The largest absolute Gasteiger partial charge is 0.395 e. The number of hydrazine groups is 1. The lowest BCUT2D eigenvalue weighted by Crippen LogP contribution is -2.32. The van der Waals surface area contributed by atoms with E-state index in [4.69, 9.17) is 15.7 Å². The second-order valence-corrected chi connectivity index (χ2v) is 3.91. The first-order chi connectivity index (χ1) is 9.54. The number of nitrogen functional groups attached to an aromatic ring is 1. The van der Waals surface area contributed by atoms with Crippen LogP contribution in [-0.2, 0) is 4.74 Å². The molecular weight excluding hydrogens is 268 g/mol. The maximum atomic E-state index is 11.2. The first kappa shape index (κ1) is 16.0. The number of aliphatic hydroxyl groups is 1. The Morgan fingerprint density at radius 1 is 1.50 bits per heavy atom. The molecule has 1 aromatic rings. The number of nitrogens with two attached hydrogens (primary N) is 1. The molecule has 4 N–H and O–H groups in total. The average molecular weight is 286 g/mol. The lowest BCUT2D eigenvalue weighted by atomic mass is 10.3. The Morgan fingerprint density at radius 2 is 2.20 bits per heavy atom. The summed E-state index contributed by atoms with van der Waals surface area (Å²) in [5.74, 6) is 5.42. The van der Waals surface area contributed by atoms with Crippen LogP contribution in [0.15, 0.2) is 0 Å². The van der Waals surface area contributed by atoms with Crippen LogP contribution in [0, 0.1) is 17.0 Å². The number of aliphatic hydroxyl groups excluding tert-OH is 1. The fraction of sp³-hybridized carbons (Fsp3) is 0.600.